The Morgan fingerprint density at radius 2 is 2.14 bits per heavy atom. The maximum atomic E-state index is 14.5. The fraction of sp³-hybridized carbons (Fsp3) is 0.529. The molecular weight excluding hydrogens is 485 g/mol. The molecule has 1 aliphatic rings. The summed E-state index contributed by atoms with van der Waals surface area (Å²) >= 11 is 4.17. The average Bonchev–Trinajstić information content (AvgIpc) is 3.31. The van der Waals surface area contributed by atoms with Crippen LogP contribution in [-0.2, 0) is 10.0 Å². The highest BCUT2D eigenvalue weighted by Gasteiger charge is 2.24. The van der Waals surface area contributed by atoms with Crippen LogP contribution in [0.15, 0.2) is 27.8 Å². The number of aliphatic hydroxyl groups excluding tert-OH is 1. The number of hydrogen-bond donors (Lipinski definition) is 4. The third-order valence-corrected chi connectivity index (χ3v) is 7.48. The quantitative estimate of drug-likeness (QED) is 0.365. The number of sulfonamides is 1. The second kappa shape index (κ2) is 10.1. The lowest BCUT2D eigenvalue weighted by atomic mass is 9.98. The van der Waals surface area contributed by atoms with Crippen LogP contribution in [0.25, 0.3) is 0 Å². The van der Waals surface area contributed by atoms with Gasteiger partial charge in [-0.1, -0.05) is 12.8 Å². The maximum absolute atomic E-state index is 14.5. The molecule has 2 atom stereocenters. The van der Waals surface area contributed by atoms with E-state index in [4.69, 9.17) is 0 Å². The van der Waals surface area contributed by atoms with E-state index in [2.05, 4.69) is 40.6 Å². The summed E-state index contributed by atoms with van der Waals surface area (Å²) in [5.74, 6) is -0.523. The van der Waals surface area contributed by atoms with Crippen molar-refractivity contribution < 1.29 is 17.9 Å². The number of unbranched alkanes of at least 4 members (excludes halogenated alkanes) is 2. The number of nitrogens with zero attached hydrogens (tertiary/aromatic N) is 2. The maximum Gasteiger partial charge on any atom is 0.266 e. The standard InChI is InChI=1S/C17H23BrFN5O3S2/c18-12-6-16(29(26,27)24-17-22-10-23-28-17)13(19)7-14(12)21-5-3-1-2-4-11-8-20-9-15(11)25/h6-7,10-11,15,20-21,25H,1-5,8-9H2,(H,22,23,24)/t11-,15-/m1/s1. The molecule has 12 heteroatoms. The molecule has 29 heavy (non-hydrogen) atoms. The molecule has 0 unspecified atom stereocenters. The zero-order chi connectivity index (χ0) is 20.9. The van der Waals surface area contributed by atoms with Crippen LogP contribution in [0.4, 0.5) is 15.2 Å². The average molecular weight is 508 g/mol. The minimum absolute atomic E-state index is 0.0728. The van der Waals surface area contributed by atoms with Crippen molar-refractivity contribution in [3.63, 3.8) is 0 Å². The molecule has 1 fully saturated rings. The predicted octanol–water partition coefficient (Wildman–Crippen LogP) is 2.79. The van der Waals surface area contributed by atoms with Gasteiger partial charge in [-0.25, -0.2) is 17.8 Å². The van der Waals surface area contributed by atoms with E-state index in [-0.39, 0.29) is 11.2 Å². The summed E-state index contributed by atoms with van der Waals surface area (Å²) in [6.45, 7) is 2.18. The van der Waals surface area contributed by atoms with E-state index < -0.39 is 20.7 Å². The van der Waals surface area contributed by atoms with Crippen LogP contribution in [0, 0.1) is 11.7 Å². The summed E-state index contributed by atoms with van der Waals surface area (Å²) in [5, 5.41) is 16.2. The lowest BCUT2D eigenvalue weighted by Crippen LogP contribution is -2.17. The number of β-amino-alcohol motifs (C(OH)–C–C–N with tert-alkyl or cyclic N) is 1. The largest absolute Gasteiger partial charge is 0.391 e. The molecule has 2 aromatic rings. The van der Waals surface area contributed by atoms with Gasteiger partial charge in [0, 0.05) is 35.6 Å². The first-order valence-electron chi connectivity index (χ1n) is 9.28. The third-order valence-electron chi connectivity index (χ3n) is 4.77. The van der Waals surface area contributed by atoms with Gasteiger partial charge in [0.2, 0.25) is 5.13 Å². The van der Waals surface area contributed by atoms with E-state index in [1.54, 1.807) is 0 Å². The summed E-state index contributed by atoms with van der Waals surface area (Å²) in [5.41, 5.74) is 0.493. The second-order valence-electron chi connectivity index (χ2n) is 6.88. The van der Waals surface area contributed by atoms with Crippen LogP contribution in [0.3, 0.4) is 0 Å². The van der Waals surface area contributed by atoms with Gasteiger partial charge in [0.1, 0.15) is 17.0 Å². The Balaban J connectivity index is 1.50. The summed E-state index contributed by atoms with van der Waals surface area (Å²) in [6, 6.07) is 2.40. The fourth-order valence-electron chi connectivity index (χ4n) is 3.20. The summed E-state index contributed by atoms with van der Waals surface area (Å²) in [7, 11) is -4.10. The zero-order valence-electron chi connectivity index (χ0n) is 15.6. The first-order chi connectivity index (χ1) is 13.9. The molecule has 0 amide bonds. The molecular formula is C17H23BrFN5O3S2. The molecule has 0 bridgehead atoms. The number of aromatic nitrogens is 2. The van der Waals surface area contributed by atoms with E-state index in [0.717, 1.165) is 43.8 Å². The van der Waals surface area contributed by atoms with Crippen molar-refractivity contribution in [2.75, 3.05) is 29.7 Å². The highest BCUT2D eigenvalue weighted by atomic mass is 79.9. The van der Waals surface area contributed by atoms with Gasteiger partial charge in [0.25, 0.3) is 10.0 Å². The Kier molecular flexibility index (Phi) is 7.79. The number of hydrogen-bond acceptors (Lipinski definition) is 8. The first kappa shape index (κ1) is 22.3. The molecule has 1 aliphatic heterocycles. The van der Waals surface area contributed by atoms with E-state index in [9.17, 15) is 17.9 Å². The van der Waals surface area contributed by atoms with Crippen molar-refractivity contribution >= 4 is 48.3 Å². The van der Waals surface area contributed by atoms with Crippen molar-refractivity contribution in [3.8, 4) is 0 Å². The number of halogens is 2. The van der Waals surface area contributed by atoms with Gasteiger partial charge >= 0.3 is 0 Å². The van der Waals surface area contributed by atoms with E-state index in [1.807, 2.05) is 0 Å². The number of aliphatic hydroxyl groups is 1. The number of nitrogens with one attached hydrogen (secondary N) is 3. The van der Waals surface area contributed by atoms with Gasteiger partial charge in [-0.05, 0) is 46.8 Å². The van der Waals surface area contributed by atoms with Gasteiger partial charge < -0.3 is 15.7 Å². The second-order valence-corrected chi connectivity index (χ2v) is 10.2. The van der Waals surface area contributed by atoms with Crippen LogP contribution < -0.4 is 15.4 Å². The number of benzene rings is 1. The van der Waals surface area contributed by atoms with E-state index in [0.29, 0.717) is 29.2 Å². The monoisotopic (exact) mass is 507 g/mol. The summed E-state index contributed by atoms with van der Waals surface area (Å²) < 4.78 is 45.6. The summed E-state index contributed by atoms with van der Waals surface area (Å²) in [6.07, 6.45) is 4.87. The van der Waals surface area contributed by atoms with Gasteiger partial charge in [-0.3, -0.25) is 4.72 Å². The minimum atomic E-state index is -4.10. The molecule has 0 radical (unpaired) electrons. The molecule has 0 saturated carbocycles. The molecule has 2 heterocycles. The molecule has 1 saturated heterocycles. The minimum Gasteiger partial charge on any atom is -0.391 e. The molecule has 3 rings (SSSR count). The van der Waals surface area contributed by atoms with Crippen molar-refractivity contribution in [3.05, 3.63) is 28.7 Å². The molecule has 1 aromatic carbocycles. The lowest BCUT2D eigenvalue weighted by Gasteiger charge is -2.14. The number of anilines is 2. The Hall–Kier alpha value is -1.34. The van der Waals surface area contributed by atoms with Gasteiger partial charge in [-0.2, -0.15) is 4.37 Å². The Labute approximate surface area is 181 Å². The van der Waals surface area contributed by atoms with Gasteiger partial charge in [-0.15, -0.1) is 0 Å². The van der Waals surface area contributed by atoms with Crippen molar-refractivity contribution in [2.24, 2.45) is 5.92 Å². The van der Waals surface area contributed by atoms with Crippen LogP contribution in [0.1, 0.15) is 25.7 Å². The van der Waals surface area contributed by atoms with Crippen LogP contribution in [0.2, 0.25) is 0 Å². The highest BCUT2D eigenvalue weighted by molar-refractivity contribution is 9.10. The molecule has 1 aromatic heterocycles. The Morgan fingerprint density at radius 3 is 2.83 bits per heavy atom. The lowest BCUT2D eigenvalue weighted by molar-refractivity contribution is 0.141. The molecule has 0 aliphatic carbocycles. The smallest absolute Gasteiger partial charge is 0.266 e. The molecule has 4 N–H and O–H groups in total. The van der Waals surface area contributed by atoms with Crippen molar-refractivity contribution in [2.45, 2.75) is 36.7 Å². The third kappa shape index (κ3) is 6.07. The molecule has 0 spiro atoms. The van der Waals surface area contributed by atoms with Gasteiger partial charge in [0.15, 0.2) is 0 Å². The van der Waals surface area contributed by atoms with Crippen LogP contribution >= 0.6 is 27.5 Å². The Bertz CT molecular complexity index is 914. The van der Waals surface area contributed by atoms with E-state index >= 15 is 0 Å². The molecule has 8 nitrogen and oxygen atoms in total. The highest BCUT2D eigenvalue weighted by Crippen LogP contribution is 2.29. The topological polar surface area (TPSA) is 116 Å². The van der Waals surface area contributed by atoms with Crippen molar-refractivity contribution in [1.82, 2.24) is 14.7 Å². The molecule has 160 valence electrons. The van der Waals surface area contributed by atoms with Crippen LogP contribution in [-0.4, -0.2) is 48.6 Å². The number of rotatable bonds is 10. The van der Waals surface area contributed by atoms with E-state index in [1.165, 1.54) is 18.5 Å². The SMILES string of the molecule is O=S(=O)(Nc1ncns1)c1cc(Br)c(NCCCCC[C@@H]2CNC[C@H]2O)cc1F. The summed E-state index contributed by atoms with van der Waals surface area (Å²) in [4.78, 5) is 3.28. The Morgan fingerprint density at radius 1 is 1.31 bits per heavy atom. The normalized spacial score (nSPS) is 19.4. The van der Waals surface area contributed by atoms with Crippen molar-refractivity contribution in [1.29, 1.82) is 0 Å². The van der Waals surface area contributed by atoms with Crippen LogP contribution in [0.5, 0.6) is 0 Å². The van der Waals surface area contributed by atoms with Gasteiger partial charge in [0.05, 0.1) is 11.8 Å². The zero-order valence-corrected chi connectivity index (χ0v) is 18.8. The predicted molar refractivity (Wildman–Crippen MR) is 114 cm³/mol. The first-order valence-corrected chi connectivity index (χ1v) is 12.3. The fourth-order valence-corrected chi connectivity index (χ4v) is 5.59.